The van der Waals surface area contributed by atoms with Crippen LogP contribution in [-0.4, -0.2) is 20.7 Å². The molecule has 0 aliphatic heterocycles. The molecule has 0 aromatic heterocycles. The van der Waals surface area contributed by atoms with Gasteiger partial charge in [-0.25, -0.2) is 8.42 Å². The maximum atomic E-state index is 12.2. The van der Waals surface area contributed by atoms with Crippen LogP contribution in [-0.2, 0) is 9.84 Å². The van der Waals surface area contributed by atoms with Crippen molar-refractivity contribution >= 4 is 25.8 Å². The zero-order valence-electron chi connectivity index (χ0n) is 11.8. The second-order valence-corrected chi connectivity index (χ2v) is 7.88. The van der Waals surface area contributed by atoms with Crippen LogP contribution in [0.4, 0.5) is 0 Å². The Bertz CT molecular complexity index is 669. The Morgan fingerprint density at radius 3 is 2.29 bits per heavy atom. The summed E-state index contributed by atoms with van der Waals surface area (Å²) in [5.74, 6) is 0.0891. The highest BCUT2D eigenvalue weighted by Gasteiger charge is 2.14. The molecular weight excluding hydrogens is 350 g/mol. The molecule has 3 nitrogen and oxygen atoms in total. The standard InChI is InChI=1S/C16H18BrNO2S/c1-13(14-5-3-2-4-6-14)18-11-12-21(19,20)16-9-7-15(17)8-10-16/h2-10,13,18H,11-12H2,1H3/t13-/m1/s1. The molecule has 1 N–H and O–H groups in total. The Labute approximate surface area is 134 Å². The van der Waals surface area contributed by atoms with Gasteiger partial charge in [0, 0.05) is 17.1 Å². The van der Waals surface area contributed by atoms with Crippen molar-refractivity contribution in [1.29, 1.82) is 0 Å². The molecule has 0 radical (unpaired) electrons. The number of benzene rings is 2. The largest absolute Gasteiger partial charge is 0.309 e. The van der Waals surface area contributed by atoms with Crippen molar-refractivity contribution < 1.29 is 8.42 Å². The van der Waals surface area contributed by atoms with E-state index in [-0.39, 0.29) is 11.8 Å². The summed E-state index contributed by atoms with van der Waals surface area (Å²) in [6.07, 6.45) is 0. The molecule has 0 saturated carbocycles. The molecular formula is C16H18BrNO2S. The quantitative estimate of drug-likeness (QED) is 0.848. The van der Waals surface area contributed by atoms with E-state index in [0.717, 1.165) is 10.0 Å². The number of rotatable bonds is 6. The van der Waals surface area contributed by atoms with Gasteiger partial charge in [0.05, 0.1) is 10.6 Å². The first kappa shape index (κ1) is 16.2. The molecule has 0 saturated heterocycles. The van der Waals surface area contributed by atoms with Crippen molar-refractivity contribution in [2.24, 2.45) is 0 Å². The third-order valence-electron chi connectivity index (χ3n) is 3.29. The lowest BCUT2D eigenvalue weighted by molar-refractivity contribution is 0.572. The third kappa shape index (κ3) is 4.66. The molecule has 5 heteroatoms. The third-order valence-corrected chi connectivity index (χ3v) is 5.55. The summed E-state index contributed by atoms with van der Waals surface area (Å²) in [5.41, 5.74) is 1.15. The molecule has 0 spiro atoms. The Balaban J connectivity index is 1.92. The van der Waals surface area contributed by atoms with Gasteiger partial charge in [-0.05, 0) is 36.8 Å². The molecule has 2 aromatic carbocycles. The zero-order valence-corrected chi connectivity index (χ0v) is 14.2. The fourth-order valence-electron chi connectivity index (χ4n) is 2.03. The van der Waals surface area contributed by atoms with Gasteiger partial charge < -0.3 is 5.32 Å². The molecule has 0 heterocycles. The van der Waals surface area contributed by atoms with Gasteiger partial charge in [0.15, 0.2) is 9.84 Å². The van der Waals surface area contributed by atoms with E-state index in [1.54, 1.807) is 24.3 Å². The monoisotopic (exact) mass is 367 g/mol. The van der Waals surface area contributed by atoms with Gasteiger partial charge in [-0.2, -0.15) is 0 Å². The van der Waals surface area contributed by atoms with Gasteiger partial charge >= 0.3 is 0 Å². The van der Waals surface area contributed by atoms with Crippen LogP contribution in [0.1, 0.15) is 18.5 Å². The molecule has 1 atom stereocenters. The van der Waals surface area contributed by atoms with Crippen LogP contribution < -0.4 is 5.32 Å². The Morgan fingerprint density at radius 1 is 1.05 bits per heavy atom. The summed E-state index contributed by atoms with van der Waals surface area (Å²) >= 11 is 3.30. The molecule has 21 heavy (non-hydrogen) atoms. The average Bonchev–Trinajstić information content (AvgIpc) is 2.48. The average molecular weight is 368 g/mol. The maximum Gasteiger partial charge on any atom is 0.179 e. The lowest BCUT2D eigenvalue weighted by Gasteiger charge is -2.14. The van der Waals surface area contributed by atoms with Crippen LogP contribution >= 0.6 is 15.9 Å². The fourth-order valence-corrected chi connectivity index (χ4v) is 3.47. The van der Waals surface area contributed by atoms with Crippen LogP contribution in [0.25, 0.3) is 0 Å². The number of hydrogen-bond donors (Lipinski definition) is 1. The molecule has 0 amide bonds. The lowest BCUT2D eigenvalue weighted by Crippen LogP contribution is -2.25. The summed E-state index contributed by atoms with van der Waals surface area (Å²) in [5, 5.41) is 3.25. The second-order valence-electron chi connectivity index (χ2n) is 4.86. The number of hydrogen-bond acceptors (Lipinski definition) is 3. The first-order chi connectivity index (χ1) is 9.99. The summed E-state index contributed by atoms with van der Waals surface area (Å²) in [4.78, 5) is 0.361. The molecule has 0 fully saturated rings. The SMILES string of the molecule is C[C@@H](NCCS(=O)(=O)c1ccc(Br)cc1)c1ccccc1. The van der Waals surface area contributed by atoms with Crippen molar-refractivity contribution in [3.8, 4) is 0 Å². The molecule has 112 valence electrons. The van der Waals surface area contributed by atoms with Gasteiger partial charge in [-0.3, -0.25) is 0 Å². The van der Waals surface area contributed by atoms with Gasteiger partial charge in [-0.1, -0.05) is 46.3 Å². The number of sulfone groups is 1. The minimum absolute atomic E-state index is 0.0891. The highest BCUT2D eigenvalue weighted by atomic mass is 79.9. The first-order valence-electron chi connectivity index (χ1n) is 6.76. The smallest absolute Gasteiger partial charge is 0.179 e. The van der Waals surface area contributed by atoms with Gasteiger partial charge in [-0.15, -0.1) is 0 Å². The van der Waals surface area contributed by atoms with Crippen molar-refractivity contribution in [3.63, 3.8) is 0 Å². The van der Waals surface area contributed by atoms with Gasteiger partial charge in [0.25, 0.3) is 0 Å². The molecule has 2 rings (SSSR count). The Kier molecular flexibility index (Phi) is 5.56. The van der Waals surface area contributed by atoms with Crippen molar-refractivity contribution in [3.05, 3.63) is 64.6 Å². The van der Waals surface area contributed by atoms with Crippen LogP contribution in [0.3, 0.4) is 0 Å². The molecule has 0 aliphatic carbocycles. The van der Waals surface area contributed by atoms with E-state index in [9.17, 15) is 8.42 Å². The summed E-state index contributed by atoms with van der Waals surface area (Å²) < 4.78 is 25.3. The predicted molar refractivity (Wildman–Crippen MR) is 89.1 cm³/mol. The Hall–Kier alpha value is -1.17. The molecule has 0 aliphatic rings. The van der Waals surface area contributed by atoms with E-state index < -0.39 is 9.84 Å². The van der Waals surface area contributed by atoms with Gasteiger partial charge in [0.1, 0.15) is 0 Å². The van der Waals surface area contributed by atoms with Crippen LogP contribution in [0, 0.1) is 0 Å². The van der Waals surface area contributed by atoms with E-state index in [1.807, 2.05) is 37.3 Å². The maximum absolute atomic E-state index is 12.2. The number of nitrogens with one attached hydrogen (secondary N) is 1. The van der Waals surface area contributed by atoms with Gasteiger partial charge in [0.2, 0.25) is 0 Å². The Morgan fingerprint density at radius 2 is 1.67 bits per heavy atom. The normalized spacial score (nSPS) is 13.0. The van der Waals surface area contributed by atoms with Crippen molar-refractivity contribution in [2.45, 2.75) is 17.9 Å². The number of halogens is 1. The summed E-state index contributed by atoms with van der Waals surface area (Å²) in [6.45, 7) is 2.45. The van der Waals surface area contributed by atoms with Crippen molar-refractivity contribution in [2.75, 3.05) is 12.3 Å². The van der Waals surface area contributed by atoms with Crippen molar-refractivity contribution in [1.82, 2.24) is 5.32 Å². The molecule has 0 bridgehead atoms. The van der Waals surface area contributed by atoms with E-state index in [0.29, 0.717) is 11.4 Å². The zero-order chi connectivity index (χ0) is 15.3. The summed E-state index contributed by atoms with van der Waals surface area (Å²) in [7, 11) is -3.24. The lowest BCUT2D eigenvalue weighted by atomic mass is 10.1. The van der Waals surface area contributed by atoms with E-state index in [2.05, 4.69) is 21.2 Å². The predicted octanol–water partition coefficient (Wildman–Crippen LogP) is 3.57. The van der Waals surface area contributed by atoms with E-state index in [1.165, 1.54) is 0 Å². The molecule has 0 unspecified atom stereocenters. The molecule has 2 aromatic rings. The van der Waals surface area contributed by atoms with Crippen LogP contribution in [0.15, 0.2) is 64.0 Å². The summed E-state index contributed by atoms with van der Waals surface area (Å²) in [6, 6.07) is 16.8. The highest BCUT2D eigenvalue weighted by molar-refractivity contribution is 9.10. The minimum Gasteiger partial charge on any atom is -0.309 e. The van der Waals surface area contributed by atoms with E-state index >= 15 is 0 Å². The second kappa shape index (κ2) is 7.20. The fraction of sp³-hybridized carbons (Fsp3) is 0.250. The minimum atomic E-state index is -3.24. The van der Waals surface area contributed by atoms with E-state index in [4.69, 9.17) is 0 Å². The topological polar surface area (TPSA) is 46.2 Å². The van der Waals surface area contributed by atoms with Crippen LogP contribution in [0.5, 0.6) is 0 Å². The first-order valence-corrected chi connectivity index (χ1v) is 9.20. The van der Waals surface area contributed by atoms with Crippen LogP contribution in [0.2, 0.25) is 0 Å². The highest BCUT2D eigenvalue weighted by Crippen LogP contribution is 2.16.